The van der Waals surface area contributed by atoms with Crippen LogP contribution in [0.1, 0.15) is 28.1 Å². The second-order valence-corrected chi connectivity index (χ2v) is 7.41. The number of rotatable bonds is 5. The van der Waals surface area contributed by atoms with Crippen LogP contribution in [-0.4, -0.2) is 35.0 Å². The van der Waals surface area contributed by atoms with Crippen LogP contribution in [0.2, 0.25) is 0 Å². The minimum atomic E-state index is -0.107. The first-order valence-corrected chi connectivity index (χ1v) is 9.19. The molecule has 1 aliphatic heterocycles. The highest BCUT2D eigenvalue weighted by molar-refractivity contribution is 7.09. The lowest BCUT2D eigenvalue weighted by Crippen LogP contribution is -2.38. The van der Waals surface area contributed by atoms with Crippen molar-refractivity contribution in [2.45, 2.75) is 19.4 Å². The summed E-state index contributed by atoms with van der Waals surface area (Å²) in [7, 11) is 1.66. The summed E-state index contributed by atoms with van der Waals surface area (Å²) in [5.41, 5.74) is 0.428. The molecule has 0 atom stereocenters. The first-order valence-electron chi connectivity index (χ1n) is 8.31. The van der Waals surface area contributed by atoms with Crippen molar-refractivity contribution in [1.29, 1.82) is 0 Å². The fourth-order valence-electron chi connectivity index (χ4n) is 3.04. The SMILES string of the molecule is Cn1cc(C(=O)NCC2CCN(Cc3cccs3)CC2)ccc1=O. The molecular weight excluding hydrogens is 322 g/mol. The molecule has 0 aromatic carbocycles. The number of pyridine rings is 1. The number of carbonyl (C=O) groups excluding carboxylic acids is 1. The topological polar surface area (TPSA) is 54.3 Å². The number of aryl methyl sites for hydroxylation is 1. The van der Waals surface area contributed by atoms with E-state index in [1.165, 1.54) is 15.5 Å². The number of nitrogens with zero attached hydrogens (tertiary/aromatic N) is 2. The van der Waals surface area contributed by atoms with Gasteiger partial charge in [0, 0.05) is 37.3 Å². The molecule has 0 saturated carbocycles. The summed E-state index contributed by atoms with van der Waals surface area (Å²) in [5.74, 6) is 0.424. The van der Waals surface area contributed by atoms with Crippen molar-refractivity contribution >= 4 is 17.2 Å². The van der Waals surface area contributed by atoms with Gasteiger partial charge in [0.2, 0.25) is 5.56 Å². The first-order chi connectivity index (χ1) is 11.6. The van der Waals surface area contributed by atoms with Crippen LogP contribution in [0.3, 0.4) is 0 Å². The summed E-state index contributed by atoms with van der Waals surface area (Å²) in [5, 5.41) is 5.13. The van der Waals surface area contributed by atoms with Gasteiger partial charge in [-0.2, -0.15) is 0 Å². The molecule has 0 spiro atoms. The molecule has 3 rings (SSSR count). The van der Waals surface area contributed by atoms with Gasteiger partial charge in [-0.1, -0.05) is 6.07 Å². The van der Waals surface area contributed by atoms with Crippen LogP contribution in [-0.2, 0) is 13.6 Å². The number of nitrogens with one attached hydrogen (secondary N) is 1. The van der Waals surface area contributed by atoms with Crippen molar-refractivity contribution in [2.75, 3.05) is 19.6 Å². The van der Waals surface area contributed by atoms with E-state index >= 15 is 0 Å². The van der Waals surface area contributed by atoms with Crippen molar-refractivity contribution < 1.29 is 4.79 Å². The Bertz CT molecular complexity index is 731. The van der Waals surface area contributed by atoms with Crippen molar-refractivity contribution in [3.63, 3.8) is 0 Å². The van der Waals surface area contributed by atoms with Gasteiger partial charge in [0.05, 0.1) is 5.56 Å². The zero-order chi connectivity index (χ0) is 16.9. The average molecular weight is 345 g/mol. The first kappa shape index (κ1) is 16.9. The lowest BCUT2D eigenvalue weighted by atomic mass is 9.96. The van der Waals surface area contributed by atoms with E-state index in [1.54, 1.807) is 19.3 Å². The van der Waals surface area contributed by atoms with E-state index in [9.17, 15) is 9.59 Å². The predicted molar refractivity (Wildman–Crippen MR) is 96.3 cm³/mol. The van der Waals surface area contributed by atoms with E-state index in [4.69, 9.17) is 0 Å². The van der Waals surface area contributed by atoms with Crippen molar-refractivity contribution in [3.05, 3.63) is 56.6 Å². The van der Waals surface area contributed by atoms with Gasteiger partial charge in [-0.15, -0.1) is 11.3 Å². The lowest BCUT2D eigenvalue weighted by Gasteiger charge is -2.31. The normalized spacial score (nSPS) is 16.2. The molecule has 1 aliphatic rings. The molecule has 2 aromatic heterocycles. The van der Waals surface area contributed by atoms with Crippen LogP contribution < -0.4 is 10.9 Å². The van der Waals surface area contributed by atoms with Gasteiger partial charge in [0.25, 0.3) is 5.91 Å². The molecule has 0 radical (unpaired) electrons. The van der Waals surface area contributed by atoms with Crippen LogP contribution >= 0.6 is 11.3 Å². The van der Waals surface area contributed by atoms with E-state index in [1.807, 2.05) is 11.3 Å². The number of hydrogen-bond donors (Lipinski definition) is 1. The Morgan fingerprint density at radius 1 is 1.29 bits per heavy atom. The Morgan fingerprint density at radius 2 is 2.08 bits per heavy atom. The Hall–Kier alpha value is -1.92. The second kappa shape index (κ2) is 7.77. The molecule has 0 bridgehead atoms. The minimum absolute atomic E-state index is 0.105. The molecule has 0 unspecified atom stereocenters. The summed E-state index contributed by atoms with van der Waals surface area (Å²) in [6, 6.07) is 7.30. The van der Waals surface area contributed by atoms with E-state index in [2.05, 4.69) is 27.7 Å². The Morgan fingerprint density at radius 3 is 2.75 bits per heavy atom. The molecule has 0 aliphatic carbocycles. The highest BCUT2D eigenvalue weighted by Crippen LogP contribution is 2.20. The van der Waals surface area contributed by atoms with Crippen molar-refractivity contribution in [2.24, 2.45) is 13.0 Å². The second-order valence-electron chi connectivity index (χ2n) is 6.38. The molecule has 1 amide bonds. The third-order valence-corrected chi connectivity index (χ3v) is 5.43. The number of carbonyl (C=O) groups is 1. The summed E-state index contributed by atoms with van der Waals surface area (Å²) >= 11 is 1.81. The van der Waals surface area contributed by atoms with E-state index in [0.717, 1.165) is 32.5 Å². The zero-order valence-corrected chi connectivity index (χ0v) is 14.7. The third kappa shape index (κ3) is 4.33. The summed E-state index contributed by atoms with van der Waals surface area (Å²) in [6.45, 7) is 3.90. The lowest BCUT2D eigenvalue weighted by molar-refractivity contribution is 0.0934. The zero-order valence-electron chi connectivity index (χ0n) is 13.9. The molecule has 1 fully saturated rings. The predicted octanol–water partition coefficient (Wildman–Crippen LogP) is 2.09. The van der Waals surface area contributed by atoms with Gasteiger partial charge >= 0.3 is 0 Å². The molecular formula is C18H23N3O2S. The number of hydrogen-bond acceptors (Lipinski definition) is 4. The average Bonchev–Trinajstić information content (AvgIpc) is 3.09. The molecule has 6 heteroatoms. The number of likely N-dealkylation sites (tertiary alicyclic amines) is 1. The van der Waals surface area contributed by atoms with E-state index < -0.39 is 0 Å². The fraction of sp³-hybridized carbons (Fsp3) is 0.444. The van der Waals surface area contributed by atoms with Crippen LogP contribution in [0.15, 0.2) is 40.6 Å². The fourth-order valence-corrected chi connectivity index (χ4v) is 3.79. The van der Waals surface area contributed by atoms with Gasteiger partial charge < -0.3 is 9.88 Å². The van der Waals surface area contributed by atoms with Gasteiger partial charge in [0.1, 0.15) is 0 Å². The Balaban J connectivity index is 1.43. The monoisotopic (exact) mass is 345 g/mol. The van der Waals surface area contributed by atoms with Crippen molar-refractivity contribution in [1.82, 2.24) is 14.8 Å². The molecule has 24 heavy (non-hydrogen) atoms. The van der Waals surface area contributed by atoms with Gasteiger partial charge in [-0.25, -0.2) is 0 Å². The molecule has 3 heterocycles. The van der Waals surface area contributed by atoms with Gasteiger partial charge in [-0.3, -0.25) is 14.5 Å². The number of thiophene rings is 1. The Labute approximate surface area is 145 Å². The van der Waals surface area contributed by atoms with Gasteiger partial charge in [0.15, 0.2) is 0 Å². The number of amides is 1. The smallest absolute Gasteiger partial charge is 0.252 e. The summed E-state index contributed by atoms with van der Waals surface area (Å²) in [4.78, 5) is 27.5. The molecule has 5 nitrogen and oxygen atoms in total. The summed E-state index contributed by atoms with van der Waals surface area (Å²) < 4.78 is 1.43. The standard InChI is InChI=1S/C18H23N3O2S/c1-20-12-15(4-5-17(20)22)18(23)19-11-14-6-8-21(9-7-14)13-16-3-2-10-24-16/h2-5,10,12,14H,6-9,11,13H2,1H3,(H,19,23). The minimum Gasteiger partial charge on any atom is -0.352 e. The maximum absolute atomic E-state index is 12.2. The van der Waals surface area contributed by atoms with Crippen LogP contribution in [0.5, 0.6) is 0 Å². The van der Waals surface area contributed by atoms with Crippen LogP contribution in [0.25, 0.3) is 0 Å². The molecule has 1 N–H and O–H groups in total. The Kier molecular flexibility index (Phi) is 5.48. The van der Waals surface area contributed by atoms with Crippen molar-refractivity contribution in [3.8, 4) is 0 Å². The van der Waals surface area contributed by atoms with E-state index in [-0.39, 0.29) is 11.5 Å². The largest absolute Gasteiger partial charge is 0.352 e. The molecule has 1 saturated heterocycles. The third-order valence-electron chi connectivity index (χ3n) is 4.57. The van der Waals surface area contributed by atoms with Crippen LogP contribution in [0.4, 0.5) is 0 Å². The number of aromatic nitrogens is 1. The highest BCUT2D eigenvalue weighted by atomic mass is 32.1. The van der Waals surface area contributed by atoms with E-state index in [0.29, 0.717) is 18.0 Å². The number of piperidine rings is 1. The summed E-state index contributed by atoms with van der Waals surface area (Å²) in [6.07, 6.45) is 3.80. The maximum atomic E-state index is 12.2. The maximum Gasteiger partial charge on any atom is 0.252 e. The molecule has 2 aromatic rings. The van der Waals surface area contributed by atoms with Crippen LogP contribution in [0, 0.1) is 5.92 Å². The highest BCUT2D eigenvalue weighted by Gasteiger charge is 2.20. The van der Waals surface area contributed by atoms with Gasteiger partial charge in [-0.05, 0) is 49.4 Å². The molecule has 128 valence electrons. The quantitative estimate of drug-likeness (QED) is 0.903.